The number of carbonyl (C=O) groups excluding carboxylic acids is 2. The lowest BCUT2D eigenvalue weighted by Gasteiger charge is -2.28. The second kappa shape index (κ2) is 9.58. The maximum atomic E-state index is 13.3. The van der Waals surface area contributed by atoms with Gasteiger partial charge in [-0.05, 0) is 37.6 Å². The molecule has 1 aliphatic rings. The first-order valence-corrected chi connectivity index (χ1v) is 11.8. The second-order valence-corrected chi connectivity index (χ2v) is 8.96. The molecular formula is C27H28N6O2. The molecule has 2 N–H and O–H groups in total. The monoisotopic (exact) mass is 468 g/mol. The molecule has 0 atom stereocenters. The Morgan fingerprint density at radius 1 is 1.11 bits per heavy atom. The molecule has 0 bridgehead atoms. The molecular weight excluding hydrogens is 440 g/mol. The molecule has 0 radical (unpaired) electrons. The Morgan fingerprint density at radius 3 is 2.60 bits per heavy atom. The van der Waals surface area contributed by atoms with Crippen molar-refractivity contribution in [1.82, 2.24) is 25.4 Å². The number of aromatic nitrogens is 3. The maximum Gasteiger partial charge on any atom is 0.252 e. The third-order valence-electron chi connectivity index (χ3n) is 6.16. The standard InChI is InChI=1S/C27H28N6O2/c1-18(2)33-26-23(16-30-33)22(14-24(31-26)20-6-4-3-5-7-20)27(35)29-15-19-8-10-21(11-9-19)32-13-12-28-25(34)17-32/h3-11,14,16,18H,12-13,15,17H2,1-2H3,(H,28,34)(H,29,35). The third kappa shape index (κ3) is 4.73. The largest absolute Gasteiger partial charge is 0.360 e. The van der Waals surface area contributed by atoms with Crippen molar-refractivity contribution in [3.05, 3.63) is 78.0 Å². The van der Waals surface area contributed by atoms with E-state index in [2.05, 4.69) is 15.7 Å². The number of rotatable bonds is 6. The molecule has 178 valence electrons. The lowest BCUT2D eigenvalue weighted by molar-refractivity contribution is -0.120. The van der Waals surface area contributed by atoms with Gasteiger partial charge in [0, 0.05) is 36.9 Å². The zero-order valence-corrected chi connectivity index (χ0v) is 19.9. The molecule has 3 heterocycles. The smallest absolute Gasteiger partial charge is 0.252 e. The van der Waals surface area contributed by atoms with Crippen LogP contribution in [0.15, 0.2) is 66.9 Å². The van der Waals surface area contributed by atoms with Crippen LogP contribution in [0, 0.1) is 0 Å². The summed E-state index contributed by atoms with van der Waals surface area (Å²) in [6.07, 6.45) is 1.72. The predicted octanol–water partition coefficient (Wildman–Crippen LogP) is 3.55. The van der Waals surface area contributed by atoms with E-state index in [1.165, 1.54) is 0 Å². The van der Waals surface area contributed by atoms with E-state index in [0.717, 1.165) is 34.4 Å². The van der Waals surface area contributed by atoms with Gasteiger partial charge in [-0.15, -0.1) is 0 Å². The van der Waals surface area contributed by atoms with Crippen molar-refractivity contribution in [2.45, 2.75) is 26.4 Å². The van der Waals surface area contributed by atoms with Gasteiger partial charge < -0.3 is 15.5 Å². The average Bonchev–Trinajstić information content (AvgIpc) is 3.32. The summed E-state index contributed by atoms with van der Waals surface area (Å²) in [6.45, 7) is 6.28. The number of anilines is 1. The number of amides is 2. The van der Waals surface area contributed by atoms with E-state index in [1.54, 1.807) is 6.20 Å². The van der Waals surface area contributed by atoms with E-state index in [-0.39, 0.29) is 17.9 Å². The molecule has 5 rings (SSSR count). The molecule has 2 amide bonds. The Morgan fingerprint density at radius 2 is 1.89 bits per heavy atom. The van der Waals surface area contributed by atoms with Crippen LogP contribution in [0.4, 0.5) is 5.69 Å². The Labute approximate surface area is 204 Å². The highest BCUT2D eigenvalue weighted by atomic mass is 16.2. The number of nitrogens with zero attached hydrogens (tertiary/aromatic N) is 4. The van der Waals surface area contributed by atoms with Crippen LogP contribution in [0.5, 0.6) is 0 Å². The molecule has 0 unspecified atom stereocenters. The minimum Gasteiger partial charge on any atom is -0.360 e. The molecule has 35 heavy (non-hydrogen) atoms. The fourth-order valence-electron chi connectivity index (χ4n) is 4.30. The summed E-state index contributed by atoms with van der Waals surface area (Å²) in [4.78, 5) is 31.9. The van der Waals surface area contributed by atoms with Gasteiger partial charge in [-0.2, -0.15) is 5.10 Å². The number of fused-ring (bicyclic) bond motifs is 1. The summed E-state index contributed by atoms with van der Waals surface area (Å²) in [5.41, 5.74) is 4.91. The van der Waals surface area contributed by atoms with E-state index in [1.807, 2.05) is 84.1 Å². The SMILES string of the molecule is CC(C)n1ncc2c(C(=O)NCc3ccc(N4CCNC(=O)C4)cc3)cc(-c3ccccc3)nc21. The van der Waals surface area contributed by atoms with Gasteiger partial charge in [-0.1, -0.05) is 42.5 Å². The molecule has 4 aromatic rings. The van der Waals surface area contributed by atoms with E-state index < -0.39 is 0 Å². The highest BCUT2D eigenvalue weighted by Gasteiger charge is 2.19. The third-order valence-corrected chi connectivity index (χ3v) is 6.16. The number of pyridine rings is 1. The molecule has 0 aliphatic carbocycles. The van der Waals surface area contributed by atoms with Crippen LogP contribution in [-0.2, 0) is 11.3 Å². The van der Waals surface area contributed by atoms with Crippen LogP contribution in [0.2, 0.25) is 0 Å². The van der Waals surface area contributed by atoms with Gasteiger partial charge >= 0.3 is 0 Å². The highest BCUT2D eigenvalue weighted by molar-refractivity contribution is 6.06. The number of nitrogens with one attached hydrogen (secondary N) is 2. The van der Waals surface area contributed by atoms with Crippen molar-refractivity contribution in [3.63, 3.8) is 0 Å². The van der Waals surface area contributed by atoms with Crippen LogP contribution in [0.25, 0.3) is 22.3 Å². The van der Waals surface area contributed by atoms with Crippen molar-refractivity contribution < 1.29 is 9.59 Å². The van der Waals surface area contributed by atoms with E-state index in [0.29, 0.717) is 30.8 Å². The molecule has 1 saturated heterocycles. The number of carbonyl (C=O) groups is 2. The number of hydrogen-bond acceptors (Lipinski definition) is 5. The van der Waals surface area contributed by atoms with Gasteiger partial charge in [0.15, 0.2) is 5.65 Å². The zero-order valence-electron chi connectivity index (χ0n) is 19.9. The molecule has 0 spiro atoms. The summed E-state index contributed by atoms with van der Waals surface area (Å²) >= 11 is 0. The first-order chi connectivity index (χ1) is 17.0. The lowest BCUT2D eigenvalue weighted by atomic mass is 10.1. The Kier molecular flexibility index (Phi) is 6.18. The van der Waals surface area contributed by atoms with Gasteiger partial charge in [-0.25, -0.2) is 9.67 Å². The van der Waals surface area contributed by atoms with Gasteiger partial charge in [0.2, 0.25) is 5.91 Å². The Bertz CT molecular complexity index is 1360. The fourth-order valence-corrected chi connectivity index (χ4v) is 4.30. The first kappa shape index (κ1) is 22.6. The normalized spacial score (nSPS) is 13.8. The summed E-state index contributed by atoms with van der Waals surface area (Å²) < 4.78 is 1.85. The van der Waals surface area contributed by atoms with Crippen molar-refractivity contribution >= 4 is 28.5 Å². The maximum absolute atomic E-state index is 13.3. The van der Waals surface area contributed by atoms with Crippen LogP contribution in [0.1, 0.15) is 35.8 Å². The molecule has 1 aliphatic heterocycles. The van der Waals surface area contributed by atoms with Crippen LogP contribution in [0.3, 0.4) is 0 Å². The van der Waals surface area contributed by atoms with Crippen LogP contribution < -0.4 is 15.5 Å². The van der Waals surface area contributed by atoms with E-state index in [9.17, 15) is 9.59 Å². The second-order valence-electron chi connectivity index (χ2n) is 8.96. The summed E-state index contributed by atoms with van der Waals surface area (Å²) in [6, 6.07) is 19.7. The lowest BCUT2D eigenvalue weighted by Crippen LogP contribution is -2.47. The molecule has 1 fully saturated rings. The summed E-state index contributed by atoms with van der Waals surface area (Å²) in [5, 5.41) is 11.1. The molecule has 0 saturated carbocycles. The minimum absolute atomic E-state index is 0.0342. The van der Waals surface area contributed by atoms with Gasteiger partial charge in [0.05, 0.1) is 29.4 Å². The molecule has 2 aromatic carbocycles. The average molecular weight is 469 g/mol. The zero-order chi connectivity index (χ0) is 24.4. The van der Waals surface area contributed by atoms with Crippen LogP contribution >= 0.6 is 0 Å². The minimum atomic E-state index is -0.172. The quantitative estimate of drug-likeness (QED) is 0.452. The van der Waals surface area contributed by atoms with Gasteiger partial charge in [0.1, 0.15) is 0 Å². The summed E-state index contributed by atoms with van der Waals surface area (Å²) in [5.74, 6) is -0.137. The van der Waals surface area contributed by atoms with Gasteiger partial charge in [-0.3, -0.25) is 9.59 Å². The topological polar surface area (TPSA) is 92.2 Å². The Balaban J connectivity index is 1.38. The highest BCUT2D eigenvalue weighted by Crippen LogP contribution is 2.26. The van der Waals surface area contributed by atoms with Crippen molar-refractivity contribution in [3.8, 4) is 11.3 Å². The van der Waals surface area contributed by atoms with Crippen molar-refractivity contribution in [2.75, 3.05) is 24.5 Å². The molecule has 8 nitrogen and oxygen atoms in total. The van der Waals surface area contributed by atoms with Crippen molar-refractivity contribution in [1.29, 1.82) is 0 Å². The first-order valence-electron chi connectivity index (χ1n) is 11.8. The number of benzene rings is 2. The van der Waals surface area contributed by atoms with Crippen LogP contribution in [-0.4, -0.2) is 46.2 Å². The Hall–Kier alpha value is -4.20. The van der Waals surface area contributed by atoms with E-state index >= 15 is 0 Å². The predicted molar refractivity (Wildman–Crippen MR) is 136 cm³/mol. The fraction of sp³-hybridized carbons (Fsp3) is 0.259. The number of piperazine rings is 1. The van der Waals surface area contributed by atoms with Gasteiger partial charge in [0.25, 0.3) is 5.91 Å². The van der Waals surface area contributed by atoms with Crippen molar-refractivity contribution in [2.24, 2.45) is 0 Å². The summed E-state index contributed by atoms with van der Waals surface area (Å²) in [7, 11) is 0. The number of hydrogen-bond donors (Lipinski definition) is 2. The molecule has 8 heteroatoms. The molecule has 2 aromatic heterocycles. The van der Waals surface area contributed by atoms with E-state index in [4.69, 9.17) is 4.98 Å².